The third kappa shape index (κ3) is 5.75. The summed E-state index contributed by atoms with van der Waals surface area (Å²) in [4.78, 5) is 20.9. The first-order valence-corrected chi connectivity index (χ1v) is 11.1. The topological polar surface area (TPSA) is 113 Å². The summed E-state index contributed by atoms with van der Waals surface area (Å²) in [7, 11) is 0. The minimum atomic E-state index is -3.00. The lowest BCUT2D eigenvalue weighted by atomic mass is 10.2. The maximum Gasteiger partial charge on any atom is 0.387 e. The predicted octanol–water partition coefficient (Wildman–Crippen LogP) is 4.82. The third-order valence-electron chi connectivity index (χ3n) is 5.05. The molecule has 12 heteroatoms. The van der Waals surface area contributed by atoms with Crippen molar-refractivity contribution in [3.8, 4) is 23.0 Å². The molecule has 0 saturated heterocycles. The summed E-state index contributed by atoms with van der Waals surface area (Å²) in [5.74, 6) is 0.0890. The van der Waals surface area contributed by atoms with Crippen LogP contribution in [0.4, 0.5) is 8.78 Å². The molecule has 8 nitrogen and oxygen atoms in total. The lowest BCUT2D eigenvalue weighted by molar-refractivity contribution is -0.0515. The van der Waals surface area contributed by atoms with Crippen molar-refractivity contribution in [2.75, 3.05) is 6.61 Å². The number of hydrogen-bond acceptors (Lipinski definition) is 7. The van der Waals surface area contributed by atoms with Crippen LogP contribution in [-0.4, -0.2) is 29.1 Å². The number of pyridine rings is 1. The number of carbonyl (C=O) groups excluding carboxylic acids is 1. The molecule has 1 amide bonds. The molecule has 1 aromatic carbocycles. The van der Waals surface area contributed by atoms with Gasteiger partial charge in [0.05, 0.1) is 23.2 Å². The highest BCUT2D eigenvalue weighted by Gasteiger charge is 2.25. The number of rotatable bonds is 10. The highest BCUT2D eigenvalue weighted by molar-refractivity contribution is 6.35. The summed E-state index contributed by atoms with van der Waals surface area (Å²) in [6, 6.07) is 4.29. The maximum atomic E-state index is 12.8. The van der Waals surface area contributed by atoms with Crippen molar-refractivity contribution in [2.24, 2.45) is 11.7 Å². The van der Waals surface area contributed by atoms with Crippen molar-refractivity contribution in [2.45, 2.75) is 32.5 Å². The number of halogens is 4. The first-order chi connectivity index (χ1) is 16.4. The Morgan fingerprint density at radius 2 is 1.97 bits per heavy atom. The summed E-state index contributed by atoms with van der Waals surface area (Å²) in [5.41, 5.74) is 6.62. The van der Waals surface area contributed by atoms with Crippen molar-refractivity contribution < 1.29 is 27.5 Å². The van der Waals surface area contributed by atoms with Crippen LogP contribution in [0.2, 0.25) is 10.0 Å². The number of nitrogens with two attached hydrogens (primary N) is 1. The van der Waals surface area contributed by atoms with Gasteiger partial charge < -0.3 is 24.9 Å². The third-order valence-corrected chi connectivity index (χ3v) is 5.71. The van der Waals surface area contributed by atoms with E-state index >= 15 is 0 Å². The van der Waals surface area contributed by atoms with E-state index in [0.29, 0.717) is 33.7 Å². The number of hydrogen-bond donors (Lipinski definition) is 2. The van der Waals surface area contributed by atoms with Crippen molar-refractivity contribution in [1.82, 2.24) is 15.3 Å². The van der Waals surface area contributed by atoms with Crippen LogP contribution >= 0.6 is 23.2 Å². The van der Waals surface area contributed by atoms with Gasteiger partial charge in [-0.15, -0.1) is 0 Å². The van der Waals surface area contributed by atoms with Gasteiger partial charge in [-0.05, 0) is 37.0 Å². The van der Waals surface area contributed by atoms with Crippen LogP contribution in [0.3, 0.4) is 0 Å². The van der Waals surface area contributed by atoms with E-state index in [2.05, 4.69) is 20.0 Å². The smallest absolute Gasteiger partial charge is 0.387 e. The van der Waals surface area contributed by atoms with Crippen molar-refractivity contribution in [3.05, 3.63) is 57.7 Å². The van der Waals surface area contributed by atoms with Gasteiger partial charge in [0, 0.05) is 30.1 Å². The van der Waals surface area contributed by atoms with Gasteiger partial charge >= 0.3 is 6.61 Å². The van der Waals surface area contributed by atoms with Gasteiger partial charge in [0.1, 0.15) is 0 Å². The highest BCUT2D eigenvalue weighted by atomic mass is 35.5. The molecule has 34 heavy (non-hydrogen) atoms. The van der Waals surface area contributed by atoms with Crippen LogP contribution < -0.4 is 20.5 Å². The van der Waals surface area contributed by atoms with E-state index in [1.165, 1.54) is 30.6 Å². The van der Waals surface area contributed by atoms with Crippen molar-refractivity contribution in [3.63, 3.8) is 0 Å². The minimum absolute atomic E-state index is 0.0212. The molecular weight excluding hydrogens is 493 g/mol. The largest absolute Gasteiger partial charge is 0.489 e. The van der Waals surface area contributed by atoms with E-state index in [1.54, 1.807) is 0 Å². The lowest BCUT2D eigenvalue weighted by Crippen LogP contribution is -2.25. The minimum Gasteiger partial charge on any atom is -0.489 e. The number of alkyl halides is 2. The summed E-state index contributed by atoms with van der Waals surface area (Å²) < 4.78 is 41.5. The van der Waals surface area contributed by atoms with E-state index in [4.69, 9.17) is 38.1 Å². The first-order valence-electron chi connectivity index (χ1n) is 10.3. The predicted molar refractivity (Wildman–Crippen MR) is 120 cm³/mol. The number of nitrogens with zero attached hydrogens (tertiary/aromatic N) is 2. The summed E-state index contributed by atoms with van der Waals surface area (Å²) >= 11 is 12.2. The molecule has 3 N–H and O–H groups in total. The fourth-order valence-corrected chi connectivity index (χ4v) is 3.59. The van der Waals surface area contributed by atoms with Crippen molar-refractivity contribution in [1.29, 1.82) is 0 Å². The number of benzene rings is 1. The Bertz CT molecular complexity index is 1170. The molecule has 0 aliphatic heterocycles. The molecule has 0 unspecified atom stereocenters. The summed E-state index contributed by atoms with van der Waals surface area (Å²) in [6.07, 6.45) is 4.88. The van der Waals surface area contributed by atoms with Crippen LogP contribution in [0.1, 0.15) is 34.7 Å². The molecule has 4 rings (SSSR count). The molecule has 0 radical (unpaired) electrons. The number of carbonyl (C=O) groups is 1. The Hall–Kier alpha value is -2.95. The number of ether oxygens (including phenoxy) is 2. The van der Waals surface area contributed by atoms with Gasteiger partial charge in [-0.3, -0.25) is 9.78 Å². The monoisotopic (exact) mass is 512 g/mol. The molecule has 1 aliphatic carbocycles. The Morgan fingerprint density at radius 1 is 1.24 bits per heavy atom. The Balaban J connectivity index is 1.56. The zero-order valence-corrected chi connectivity index (χ0v) is 19.2. The molecule has 1 saturated carbocycles. The van der Waals surface area contributed by atoms with Crippen LogP contribution in [0.25, 0.3) is 11.5 Å². The molecule has 3 aromatic rings. The highest BCUT2D eigenvalue weighted by Crippen LogP contribution is 2.36. The van der Waals surface area contributed by atoms with Crippen molar-refractivity contribution >= 4 is 29.1 Å². The molecule has 2 heterocycles. The zero-order valence-electron chi connectivity index (χ0n) is 17.7. The van der Waals surface area contributed by atoms with E-state index in [0.717, 1.165) is 12.8 Å². The SMILES string of the molecule is NCc1oc(-c2ccc(OC(F)F)c(OCC3CC3)c2)nc1C(=O)NCc1c(Cl)cncc1Cl. The lowest BCUT2D eigenvalue weighted by Gasteiger charge is -2.12. The zero-order chi connectivity index (χ0) is 24.2. The number of oxazole rings is 1. The Kier molecular flexibility index (Phi) is 7.50. The van der Waals surface area contributed by atoms with E-state index in [-0.39, 0.29) is 41.9 Å². The van der Waals surface area contributed by atoms with Crippen LogP contribution in [0.5, 0.6) is 11.5 Å². The molecule has 0 bridgehead atoms. The second kappa shape index (κ2) is 10.5. The number of aromatic nitrogens is 2. The van der Waals surface area contributed by atoms with Gasteiger partial charge in [-0.2, -0.15) is 8.78 Å². The molecule has 2 aromatic heterocycles. The molecule has 0 spiro atoms. The second-order valence-corrected chi connectivity index (χ2v) is 8.37. The average molecular weight is 513 g/mol. The fraction of sp³-hybridized carbons (Fsp3) is 0.318. The average Bonchev–Trinajstić information content (AvgIpc) is 3.53. The van der Waals surface area contributed by atoms with E-state index in [9.17, 15) is 13.6 Å². The maximum absolute atomic E-state index is 12.8. The van der Waals surface area contributed by atoms with Crippen LogP contribution in [0, 0.1) is 5.92 Å². The van der Waals surface area contributed by atoms with Gasteiger partial charge in [0.2, 0.25) is 5.89 Å². The van der Waals surface area contributed by atoms with Gasteiger partial charge in [-0.25, -0.2) is 4.98 Å². The van der Waals surface area contributed by atoms with E-state index in [1.807, 2.05) is 0 Å². The molecule has 180 valence electrons. The quantitative estimate of drug-likeness (QED) is 0.400. The number of amides is 1. The molecule has 1 fully saturated rings. The second-order valence-electron chi connectivity index (χ2n) is 7.55. The van der Waals surface area contributed by atoms with Gasteiger partial charge in [0.25, 0.3) is 5.91 Å². The first kappa shape index (κ1) is 24.2. The van der Waals surface area contributed by atoms with Gasteiger partial charge in [0.15, 0.2) is 23.0 Å². The Morgan fingerprint density at radius 3 is 2.62 bits per heavy atom. The van der Waals surface area contributed by atoms with Crippen LogP contribution in [-0.2, 0) is 13.1 Å². The Labute approximate surface area is 203 Å². The molecule has 1 aliphatic rings. The normalized spacial score (nSPS) is 13.2. The molecular formula is C22H20Cl2F2N4O4. The van der Waals surface area contributed by atoms with E-state index < -0.39 is 12.5 Å². The standard InChI is InChI=1S/C22H20Cl2F2N4O4/c23-14-8-28-9-15(24)13(14)7-29-20(31)19-18(6-27)33-21(30-19)12-3-4-16(34-22(25)26)17(5-12)32-10-11-1-2-11/h3-5,8-9,11,22H,1-2,6-7,10,27H2,(H,29,31). The van der Waals surface area contributed by atoms with Crippen LogP contribution in [0.15, 0.2) is 35.0 Å². The number of nitrogens with one attached hydrogen (secondary N) is 1. The summed E-state index contributed by atoms with van der Waals surface area (Å²) in [5, 5.41) is 3.28. The molecule has 0 atom stereocenters. The van der Waals surface area contributed by atoms with Gasteiger partial charge in [-0.1, -0.05) is 23.2 Å². The fourth-order valence-electron chi connectivity index (χ4n) is 3.09. The summed E-state index contributed by atoms with van der Waals surface area (Å²) in [6.45, 7) is -2.68.